The Morgan fingerprint density at radius 2 is 1.94 bits per heavy atom. The number of halogens is 1. The van der Waals surface area contributed by atoms with Gasteiger partial charge in [-0.2, -0.15) is 4.98 Å². The third-order valence-corrected chi connectivity index (χ3v) is 2.73. The molecule has 0 bridgehead atoms. The molecule has 0 saturated heterocycles. The summed E-state index contributed by atoms with van der Waals surface area (Å²) in [7, 11) is 0. The first kappa shape index (κ1) is 12.8. The lowest BCUT2D eigenvalue weighted by Crippen LogP contribution is -1.90. The van der Waals surface area contributed by atoms with E-state index in [0.29, 0.717) is 11.0 Å². The maximum absolute atomic E-state index is 5.74. The van der Waals surface area contributed by atoms with E-state index in [9.17, 15) is 0 Å². The molecule has 2 aromatic rings. The molecule has 0 N–H and O–H groups in total. The van der Waals surface area contributed by atoms with E-state index >= 15 is 0 Å². The van der Waals surface area contributed by atoms with Crippen LogP contribution in [0.2, 0.25) is 5.15 Å². The van der Waals surface area contributed by atoms with Crippen molar-refractivity contribution in [3.8, 4) is 11.6 Å². The standard InChI is InChI=1S/C14H15ClN2O/c1-2-3-4-11-5-7-12(8-6-11)18-14-10-16-9-13(15)17-14/h5-10H,2-4H2,1H3. The molecule has 18 heavy (non-hydrogen) atoms. The summed E-state index contributed by atoms with van der Waals surface area (Å²) in [6, 6.07) is 8.02. The number of hydrogen-bond acceptors (Lipinski definition) is 3. The molecule has 0 radical (unpaired) electrons. The highest BCUT2D eigenvalue weighted by atomic mass is 35.5. The zero-order valence-corrected chi connectivity index (χ0v) is 11.0. The Balaban J connectivity index is 2.02. The quantitative estimate of drug-likeness (QED) is 0.807. The number of aryl methyl sites for hydroxylation is 1. The Labute approximate surface area is 112 Å². The van der Waals surface area contributed by atoms with Crippen LogP contribution in [0.1, 0.15) is 25.3 Å². The maximum Gasteiger partial charge on any atom is 0.239 e. The van der Waals surface area contributed by atoms with Crippen LogP contribution in [-0.2, 0) is 6.42 Å². The van der Waals surface area contributed by atoms with Gasteiger partial charge in [0.1, 0.15) is 5.75 Å². The topological polar surface area (TPSA) is 35.0 Å². The van der Waals surface area contributed by atoms with Crippen LogP contribution in [0, 0.1) is 0 Å². The van der Waals surface area contributed by atoms with E-state index in [1.807, 2.05) is 12.1 Å². The molecule has 4 heteroatoms. The molecule has 0 unspecified atom stereocenters. The Hall–Kier alpha value is -1.61. The summed E-state index contributed by atoms with van der Waals surface area (Å²) < 4.78 is 5.56. The SMILES string of the molecule is CCCCc1ccc(Oc2cncc(Cl)n2)cc1. The van der Waals surface area contributed by atoms with Gasteiger partial charge in [-0.3, -0.25) is 4.98 Å². The molecule has 0 saturated carbocycles. The summed E-state index contributed by atoms with van der Waals surface area (Å²) in [6.45, 7) is 2.19. The van der Waals surface area contributed by atoms with Gasteiger partial charge >= 0.3 is 0 Å². The van der Waals surface area contributed by atoms with E-state index in [2.05, 4.69) is 29.0 Å². The van der Waals surface area contributed by atoms with Crippen LogP contribution in [0.3, 0.4) is 0 Å². The minimum atomic E-state index is 0.326. The van der Waals surface area contributed by atoms with E-state index in [-0.39, 0.29) is 0 Å². The summed E-state index contributed by atoms with van der Waals surface area (Å²) in [4.78, 5) is 7.94. The zero-order valence-electron chi connectivity index (χ0n) is 10.3. The summed E-state index contributed by atoms with van der Waals surface area (Å²) in [5.74, 6) is 1.15. The average Bonchev–Trinajstić information content (AvgIpc) is 2.38. The summed E-state index contributed by atoms with van der Waals surface area (Å²) in [5, 5.41) is 0.326. The highest BCUT2D eigenvalue weighted by Gasteiger charge is 2.00. The van der Waals surface area contributed by atoms with Crippen molar-refractivity contribution in [3.05, 3.63) is 47.4 Å². The Bertz CT molecular complexity index is 499. The van der Waals surface area contributed by atoms with Crippen molar-refractivity contribution >= 4 is 11.6 Å². The van der Waals surface area contributed by atoms with Crippen molar-refractivity contribution in [2.24, 2.45) is 0 Å². The molecule has 94 valence electrons. The number of ether oxygens (including phenoxy) is 1. The van der Waals surface area contributed by atoms with Crippen LogP contribution < -0.4 is 4.74 Å². The van der Waals surface area contributed by atoms with Crippen molar-refractivity contribution in [2.45, 2.75) is 26.2 Å². The minimum Gasteiger partial charge on any atom is -0.437 e. The Morgan fingerprint density at radius 1 is 1.17 bits per heavy atom. The molecule has 0 fully saturated rings. The second-order valence-electron chi connectivity index (χ2n) is 4.03. The lowest BCUT2D eigenvalue weighted by molar-refractivity contribution is 0.460. The number of benzene rings is 1. The van der Waals surface area contributed by atoms with Crippen molar-refractivity contribution in [3.63, 3.8) is 0 Å². The number of hydrogen-bond donors (Lipinski definition) is 0. The molecule has 0 aliphatic rings. The van der Waals surface area contributed by atoms with E-state index in [0.717, 1.165) is 12.2 Å². The predicted molar refractivity (Wildman–Crippen MR) is 72.2 cm³/mol. The largest absolute Gasteiger partial charge is 0.437 e. The molecular weight excluding hydrogens is 248 g/mol. The molecule has 0 amide bonds. The van der Waals surface area contributed by atoms with Gasteiger partial charge in [0.2, 0.25) is 5.88 Å². The molecule has 0 spiro atoms. The lowest BCUT2D eigenvalue weighted by atomic mass is 10.1. The third-order valence-electron chi connectivity index (χ3n) is 2.55. The first-order chi connectivity index (χ1) is 8.78. The molecule has 0 aliphatic carbocycles. The van der Waals surface area contributed by atoms with Gasteiger partial charge in [0.15, 0.2) is 5.15 Å². The maximum atomic E-state index is 5.74. The van der Waals surface area contributed by atoms with Gasteiger partial charge in [-0.05, 0) is 30.5 Å². The number of aromatic nitrogens is 2. The van der Waals surface area contributed by atoms with Crippen molar-refractivity contribution in [2.75, 3.05) is 0 Å². The van der Waals surface area contributed by atoms with E-state index in [4.69, 9.17) is 16.3 Å². The van der Waals surface area contributed by atoms with Gasteiger partial charge in [-0.15, -0.1) is 0 Å². The molecule has 1 aromatic heterocycles. The van der Waals surface area contributed by atoms with E-state index < -0.39 is 0 Å². The average molecular weight is 263 g/mol. The minimum absolute atomic E-state index is 0.326. The highest BCUT2D eigenvalue weighted by Crippen LogP contribution is 2.20. The second kappa shape index (κ2) is 6.36. The smallest absolute Gasteiger partial charge is 0.239 e. The third kappa shape index (κ3) is 3.70. The monoisotopic (exact) mass is 262 g/mol. The zero-order chi connectivity index (χ0) is 12.8. The second-order valence-corrected chi connectivity index (χ2v) is 4.42. The van der Waals surface area contributed by atoms with Crippen molar-refractivity contribution in [1.82, 2.24) is 9.97 Å². The van der Waals surface area contributed by atoms with Crippen molar-refractivity contribution in [1.29, 1.82) is 0 Å². The van der Waals surface area contributed by atoms with E-state index in [1.165, 1.54) is 30.8 Å². The van der Waals surface area contributed by atoms with Gasteiger partial charge in [0.25, 0.3) is 0 Å². The summed E-state index contributed by atoms with van der Waals surface area (Å²) in [6.07, 6.45) is 6.53. The molecule has 2 rings (SSSR count). The molecule has 1 aromatic carbocycles. The van der Waals surface area contributed by atoms with Crippen LogP contribution >= 0.6 is 11.6 Å². The molecule has 1 heterocycles. The van der Waals surface area contributed by atoms with Gasteiger partial charge in [-0.25, -0.2) is 0 Å². The summed E-state index contributed by atoms with van der Waals surface area (Å²) in [5.41, 5.74) is 1.32. The molecular formula is C14H15ClN2O. The van der Waals surface area contributed by atoms with Crippen LogP contribution in [0.15, 0.2) is 36.7 Å². The fourth-order valence-electron chi connectivity index (χ4n) is 1.60. The fraction of sp³-hybridized carbons (Fsp3) is 0.286. The fourth-order valence-corrected chi connectivity index (χ4v) is 1.74. The van der Waals surface area contributed by atoms with Crippen LogP contribution in [0.5, 0.6) is 11.6 Å². The first-order valence-corrected chi connectivity index (χ1v) is 6.40. The summed E-state index contributed by atoms with van der Waals surface area (Å²) >= 11 is 5.74. The van der Waals surface area contributed by atoms with Gasteiger partial charge in [0.05, 0.1) is 12.4 Å². The lowest BCUT2D eigenvalue weighted by Gasteiger charge is -2.05. The number of nitrogens with zero attached hydrogens (tertiary/aromatic N) is 2. The highest BCUT2D eigenvalue weighted by molar-refractivity contribution is 6.29. The number of rotatable bonds is 5. The number of unbranched alkanes of at least 4 members (excludes halogenated alkanes) is 1. The van der Waals surface area contributed by atoms with Gasteiger partial charge in [-0.1, -0.05) is 37.1 Å². The van der Waals surface area contributed by atoms with Gasteiger partial charge < -0.3 is 4.74 Å². The van der Waals surface area contributed by atoms with Crippen molar-refractivity contribution < 1.29 is 4.74 Å². The van der Waals surface area contributed by atoms with Crippen LogP contribution in [0.25, 0.3) is 0 Å². The van der Waals surface area contributed by atoms with Crippen LogP contribution in [0.4, 0.5) is 0 Å². The first-order valence-electron chi connectivity index (χ1n) is 6.02. The Kier molecular flexibility index (Phi) is 4.53. The Morgan fingerprint density at radius 3 is 2.61 bits per heavy atom. The normalized spacial score (nSPS) is 10.3. The molecule has 0 aliphatic heterocycles. The van der Waals surface area contributed by atoms with E-state index in [1.54, 1.807) is 0 Å². The van der Waals surface area contributed by atoms with Crippen LogP contribution in [-0.4, -0.2) is 9.97 Å². The molecule has 0 atom stereocenters. The van der Waals surface area contributed by atoms with Gasteiger partial charge in [0, 0.05) is 0 Å². The predicted octanol–water partition coefficient (Wildman–Crippen LogP) is 4.26. The molecule has 3 nitrogen and oxygen atoms in total.